The van der Waals surface area contributed by atoms with Gasteiger partial charge >= 0.3 is 19.8 Å². The van der Waals surface area contributed by atoms with E-state index in [4.69, 9.17) is 24.3 Å². The summed E-state index contributed by atoms with van der Waals surface area (Å²) in [5, 5.41) is 0. The average molecular weight is 1010 g/mol. The Balaban J connectivity index is 3.86. The van der Waals surface area contributed by atoms with Gasteiger partial charge in [-0.15, -0.1) is 0 Å². The molecule has 0 aromatic rings. The summed E-state index contributed by atoms with van der Waals surface area (Å²) in [5.41, 5.74) is 5.39. The molecule has 2 unspecified atom stereocenters. The molecule has 0 amide bonds. The topological polar surface area (TPSA) is 134 Å². The van der Waals surface area contributed by atoms with Gasteiger partial charge in [-0.2, -0.15) is 0 Å². The number of carbonyl (C=O) groups is 2. The van der Waals surface area contributed by atoms with Crippen LogP contribution in [0, 0.1) is 0 Å². The first-order valence-electron chi connectivity index (χ1n) is 31.0. The smallest absolute Gasteiger partial charge is 0.462 e. The van der Waals surface area contributed by atoms with E-state index in [-0.39, 0.29) is 32.1 Å². The van der Waals surface area contributed by atoms with Crippen LogP contribution in [0.25, 0.3) is 0 Å². The quantitative estimate of drug-likeness (QED) is 0.0347. The highest BCUT2D eigenvalue weighted by Gasteiger charge is 2.26. The van der Waals surface area contributed by atoms with Crippen LogP contribution in [0.1, 0.15) is 341 Å². The number of nitrogens with two attached hydrogens (primary N) is 1. The SMILES string of the molecule is CCCCCCCCCCCCCCCCCCCCCCCCCCCCCC(=O)OC(COC(=O)CCCCCCCCCCCCCCCCCCCCCCCC)COP(=O)(O)OCCN. The molecule has 2 atom stereocenters. The van der Waals surface area contributed by atoms with Gasteiger partial charge in [0.1, 0.15) is 6.61 Å². The van der Waals surface area contributed by atoms with Gasteiger partial charge in [0, 0.05) is 19.4 Å². The van der Waals surface area contributed by atoms with E-state index in [2.05, 4.69) is 13.8 Å². The molecule has 0 saturated heterocycles. The van der Waals surface area contributed by atoms with Crippen LogP contribution < -0.4 is 5.73 Å². The van der Waals surface area contributed by atoms with Crippen molar-refractivity contribution in [1.29, 1.82) is 0 Å². The number of ether oxygens (including phenoxy) is 2. The van der Waals surface area contributed by atoms with Crippen LogP contribution >= 0.6 is 7.82 Å². The minimum Gasteiger partial charge on any atom is -0.462 e. The van der Waals surface area contributed by atoms with Crippen molar-refractivity contribution < 1.29 is 37.6 Å². The van der Waals surface area contributed by atoms with E-state index < -0.39 is 26.5 Å². The molecule has 70 heavy (non-hydrogen) atoms. The molecule has 10 heteroatoms. The van der Waals surface area contributed by atoms with Gasteiger partial charge in [-0.1, -0.05) is 316 Å². The zero-order valence-corrected chi connectivity index (χ0v) is 47.7. The molecule has 0 aliphatic carbocycles. The number of esters is 2. The molecule has 0 aromatic carbocycles. The summed E-state index contributed by atoms with van der Waals surface area (Å²) < 4.78 is 33.1. The fraction of sp³-hybridized carbons (Fsp3) is 0.967. The summed E-state index contributed by atoms with van der Waals surface area (Å²) in [6.07, 6.45) is 64.6. The van der Waals surface area contributed by atoms with Crippen LogP contribution in [0.4, 0.5) is 0 Å². The lowest BCUT2D eigenvalue weighted by atomic mass is 10.0. The molecule has 0 bridgehead atoms. The molecule has 0 aromatic heterocycles. The number of hydrogen-bond acceptors (Lipinski definition) is 8. The van der Waals surface area contributed by atoms with Gasteiger partial charge in [-0.05, 0) is 12.8 Å². The largest absolute Gasteiger partial charge is 0.472 e. The minimum atomic E-state index is -4.38. The number of unbranched alkanes of at least 4 members (excludes halogenated alkanes) is 47. The Labute approximate surface area is 435 Å². The van der Waals surface area contributed by atoms with Crippen LogP contribution in [0.2, 0.25) is 0 Å². The van der Waals surface area contributed by atoms with Crippen molar-refractivity contribution in [2.75, 3.05) is 26.4 Å². The van der Waals surface area contributed by atoms with Gasteiger partial charge in [0.2, 0.25) is 0 Å². The first kappa shape index (κ1) is 69.0. The van der Waals surface area contributed by atoms with Crippen molar-refractivity contribution in [3.05, 3.63) is 0 Å². The maximum atomic E-state index is 12.7. The highest BCUT2D eigenvalue weighted by atomic mass is 31.2. The lowest BCUT2D eigenvalue weighted by Gasteiger charge is -2.19. The van der Waals surface area contributed by atoms with E-state index in [1.807, 2.05) is 0 Å². The first-order valence-corrected chi connectivity index (χ1v) is 32.5. The highest BCUT2D eigenvalue weighted by Crippen LogP contribution is 2.43. The normalized spacial score (nSPS) is 12.9. The van der Waals surface area contributed by atoms with Gasteiger partial charge in [0.25, 0.3) is 0 Å². The lowest BCUT2D eigenvalue weighted by Crippen LogP contribution is -2.29. The number of phosphoric acid groups is 1. The Hall–Kier alpha value is -0.990. The third-order valence-electron chi connectivity index (χ3n) is 14.2. The highest BCUT2D eigenvalue weighted by molar-refractivity contribution is 7.47. The molecule has 9 nitrogen and oxygen atoms in total. The van der Waals surface area contributed by atoms with E-state index in [1.165, 1.54) is 276 Å². The summed E-state index contributed by atoms with van der Waals surface area (Å²) >= 11 is 0. The number of phosphoric ester groups is 1. The maximum Gasteiger partial charge on any atom is 0.472 e. The number of hydrogen-bond donors (Lipinski definition) is 2. The van der Waals surface area contributed by atoms with Crippen molar-refractivity contribution in [2.45, 2.75) is 347 Å². The molecular formula is C60H120NO8P. The van der Waals surface area contributed by atoms with Crippen LogP contribution in [0.5, 0.6) is 0 Å². The van der Waals surface area contributed by atoms with Gasteiger partial charge in [-0.25, -0.2) is 4.57 Å². The van der Waals surface area contributed by atoms with E-state index in [0.29, 0.717) is 12.8 Å². The second-order valence-corrected chi connectivity index (χ2v) is 22.8. The molecule has 0 saturated carbocycles. The van der Waals surface area contributed by atoms with Crippen molar-refractivity contribution in [1.82, 2.24) is 0 Å². The molecular weight excluding hydrogens is 894 g/mol. The van der Waals surface area contributed by atoms with Crippen molar-refractivity contribution >= 4 is 19.8 Å². The third kappa shape index (κ3) is 56.3. The molecule has 0 spiro atoms. The Morgan fingerprint density at radius 1 is 0.371 bits per heavy atom. The zero-order chi connectivity index (χ0) is 51.0. The van der Waals surface area contributed by atoms with Crippen LogP contribution in [-0.4, -0.2) is 49.3 Å². The van der Waals surface area contributed by atoms with Gasteiger partial charge < -0.3 is 20.1 Å². The van der Waals surface area contributed by atoms with E-state index >= 15 is 0 Å². The molecule has 0 rings (SSSR count). The number of rotatable bonds is 60. The van der Waals surface area contributed by atoms with Crippen molar-refractivity contribution in [3.8, 4) is 0 Å². The first-order chi connectivity index (χ1) is 34.3. The van der Waals surface area contributed by atoms with E-state index in [0.717, 1.165) is 32.1 Å². The predicted octanol–water partition coefficient (Wildman–Crippen LogP) is 19.5. The molecule has 0 heterocycles. The van der Waals surface area contributed by atoms with Crippen LogP contribution in [0.15, 0.2) is 0 Å². The minimum absolute atomic E-state index is 0.0587. The fourth-order valence-electron chi connectivity index (χ4n) is 9.64. The molecule has 418 valence electrons. The second-order valence-electron chi connectivity index (χ2n) is 21.3. The zero-order valence-electron chi connectivity index (χ0n) is 46.8. The van der Waals surface area contributed by atoms with Gasteiger partial charge in [0.05, 0.1) is 13.2 Å². The predicted molar refractivity (Wildman–Crippen MR) is 298 cm³/mol. The van der Waals surface area contributed by atoms with Gasteiger partial charge in [0.15, 0.2) is 6.10 Å². The Bertz CT molecular complexity index is 1110. The summed E-state index contributed by atoms with van der Waals surface area (Å²) in [6.45, 7) is 3.83. The second kappa shape index (κ2) is 57.3. The molecule has 0 aliphatic heterocycles. The Kier molecular flexibility index (Phi) is 56.5. The Morgan fingerprint density at radius 3 is 0.871 bits per heavy atom. The van der Waals surface area contributed by atoms with E-state index in [9.17, 15) is 19.0 Å². The van der Waals surface area contributed by atoms with Crippen molar-refractivity contribution in [2.24, 2.45) is 5.73 Å². The summed E-state index contributed by atoms with van der Waals surface area (Å²) in [4.78, 5) is 35.2. The molecule has 3 N–H and O–H groups in total. The molecule has 0 aliphatic rings. The maximum absolute atomic E-state index is 12.7. The van der Waals surface area contributed by atoms with E-state index in [1.54, 1.807) is 0 Å². The van der Waals surface area contributed by atoms with Gasteiger partial charge in [-0.3, -0.25) is 18.6 Å². The summed E-state index contributed by atoms with van der Waals surface area (Å²) in [7, 11) is -4.38. The third-order valence-corrected chi connectivity index (χ3v) is 15.2. The standard InChI is InChI=1S/C60H120NO8P/c1-3-5-7-9-11-13-15-17-19-21-23-25-27-28-29-30-31-33-35-37-39-41-43-45-47-49-51-53-60(63)69-58(57-68-70(64,65)67-55-54-61)56-66-59(62)52-50-48-46-44-42-40-38-36-34-32-26-24-22-20-18-16-14-12-10-8-6-4-2/h58H,3-57,61H2,1-2H3,(H,64,65). The van der Waals surface area contributed by atoms with Crippen LogP contribution in [-0.2, 0) is 32.7 Å². The summed E-state index contributed by atoms with van der Waals surface area (Å²) in [6, 6.07) is 0. The number of carbonyl (C=O) groups excluding carboxylic acids is 2. The Morgan fingerprint density at radius 2 is 0.614 bits per heavy atom. The van der Waals surface area contributed by atoms with Crippen molar-refractivity contribution in [3.63, 3.8) is 0 Å². The lowest BCUT2D eigenvalue weighted by molar-refractivity contribution is -0.161. The fourth-order valence-corrected chi connectivity index (χ4v) is 10.4. The summed E-state index contributed by atoms with van der Waals surface area (Å²) in [5.74, 6) is -0.800. The molecule has 0 radical (unpaired) electrons. The average Bonchev–Trinajstić information content (AvgIpc) is 3.35. The molecule has 0 fully saturated rings. The van der Waals surface area contributed by atoms with Crippen LogP contribution in [0.3, 0.4) is 0 Å². The monoisotopic (exact) mass is 1010 g/mol.